The summed E-state index contributed by atoms with van der Waals surface area (Å²) in [5, 5.41) is 0. The zero-order chi connectivity index (χ0) is 19.1. The van der Waals surface area contributed by atoms with Crippen LogP contribution in [0.4, 0.5) is 5.69 Å². The van der Waals surface area contributed by atoms with Crippen LogP contribution in [0.2, 0.25) is 0 Å². The number of carbonyl (C=O) groups excluding carboxylic acids is 1. The lowest BCUT2D eigenvalue weighted by Crippen LogP contribution is -2.32. The fourth-order valence-electron chi connectivity index (χ4n) is 2.92. The first-order valence-corrected chi connectivity index (χ1v) is 9.05. The molecule has 2 aromatic heterocycles. The number of rotatable bonds is 8. The van der Waals surface area contributed by atoms with E-state index in [4.69, 9.17) is 0 Å². The van der Waals surface area contributed by atoms with Crippen molar-refractivity contribution in [3.05, 3.63) is 78.6 Å². The van der Waals surface area contributed by atoms with Gasteiger partial charge in [-0.2, -0.15) is 0 Å². The van der Waals surface area contributed by atoms with Crippen molar-refractivity contribution in [2.45, 2.75) is 19.5 Å². The molecule has 0 unspecified atom stereocenters. The van der Waals surface area contributed by atoms with Crippen molar-refractivity contribution in [3.8, 4) is 0 Å². The summed E-state index contributed by atoms with van der Waals surface area (Å²) in [6.45, 7) is 2.07. The Kier molecular flexibility index (Phi) is 6.20. The molecule has 0 saturated heterocycles. The average Bonchev–Trinajstić information content (AvgIpc) is 3.21. The Bertz CT molecular complexity index is 846. The highest BCUT2D eigenvalue weighted by Gasteiger charge is 2.17. The quantitative estimate of drug-likeness (QED) is 0.617. The van der Waals surface area contributed by atoms with Crippen molar-refractivity contribution in [1.29, 1.82) is 0 Å². The third-order valence-electron chi connectivity index (χ3n) is 4.42. The number of imidazole rings is 1. The smallest absolute Gasteiger partial charge is 0.254 e. The predicted molar refractivity (Wildman–Crippen MR) is 107 cm³/mol. The fourth-order valence-corrected chi connectivity index (χ4v) is 2.92. The summed E-state index contributed by atoms with van der Waals surface area (Å²) >= 11 is 0. The largest absolute Gasteiger partial charge is 0.378 e. The molecule has 0 bridgehead atoms. The zero-order valence-electron chi connectivity index (χ0n) is 15.8. The lowest BCUT2D eigenvalue weighted by molar-refractivity contribution is 0.0739. The Morgan fingerprint density at radius 3 is 2.59 bits per heavy atom. The van der Waals surface area contributed by atoms with Gasteiger partial charge in [-0.15, -0.1) is 0 Å². The van der Waals surface area contributed by atoms with Gasteiger partial charge in [0.1, 0.15) is 0 Å². The van der Waals surface area contributed by atoms with Crippen LogP contribution in [0, 0.1) is 0 Å². The molecule has 6 nitrogen and oxygen atoms in total. The molecule has 140 valence electrons. The summed E-state index contributed by atoms with van der Waals surface area (Å²) in [6, 6.07) is 11.7. The highest BCUT2D eigenvalue weighted by molar-refractivity contribution is 5.95. The molecule has 0 spiro atoms. The van der Waals surface area contributed by atoms with E-state index in [2.05, 4.69) is 9.97 Å². The zero-order valence-corrected chi connectivity index (χ0v) is 15.8. The van der Waals surface area contributed by atoms with E-state index in [9.17, 15) is 4.79 Å². The first-order chi connectivity index (χ1) is 13.1. The number of amides is 1. The second-order valence-corrected chi connectivity index (χ2v) is 6.68. The molecule has 0 radical (unpaired) electrons. The molecule has 0 fully saturated rings. The van der Waals surface area contributed by atoms with Crippen LogP contribution in [0.25, 0.3) is 0 Å². The molecule has 1 amide bonds. The molecule has 0 atom stereocenters. The van der Waals surface area contributed by atoms with Gasteiger partial charge in [0.05, 0.1) is 6.33 Å². The summed E-state index contributed by atoms with van der Waals surface area (Å²) in [7, 11) is 3.95. The van der Waals surface area contributed by atoms with Gasteiger partial charge in [0, 0.05) is 69.8 Å². The normalized spacial score (nSPS) is 10.6. The van der Waals surface area contributed by atoms with Crippen LogP contribution in [-0.2, 0) is 13.1 Å². The molecule has 3 aromatic rings. The van der Waals surface area contributed by atoms with Crippen molar-refractivity contribution in [2.24, 2.45) is 0 Å². The van der Waals surface area contributed by atoms with Crippen LogP contribution in [-0.4, -0.2) is 46.0 Å². The minimum atomic E-state index is 0.0427. The van der Waals surface area contributed by atoms with E-state index >= 15 is 0 Å². The van der Waals surface area contributed by atoms with Gasteiger partial charge in [-0.3, -0.25) is 9.78 Å². The molecule has 0 aliphatic heterocycles. The number of carbonyl (C=O) groups is 1. The van der Waals surface area contributed by atoms with Gasteiger partial charge < -0.3 is 14.4 Å². The van der Waals surface area contributed by atoms with Gasteiger partial charge in [0.25, 0.3) is 5.91 Å². The molecule has 27 heavy (non-hydrogen) atoms. The first-order valence-electron chi connectivity index (χ1n) is 9.05. The van der Waals surface area contributed by atoms with Crippen LogP contribution in [0.15, 0.2) is 67.5 Å². The third-order valence-corrected chi connectivity index (χ3v) is 4.42. The van der Waals surface area contributed by atoms with E-state index in [1.807, 2.05) is 71.1 Å². The Hall–Kier alpha value is -3.15. The molecule has 0 aliphatic carbocycles. The minimum absolute atomic E-state index is 0.0427. The molecule has 6 heteroatoms. The minimum Gasteiger partial charge on any atom is -0.378 e. The summed E-state index contributed by atoms with van der Waals surface area (Å²) in [4.78, 5) is 25.2. The van der Waals surface area contributed by atoms with Crippen molar-refractivity contribution in [1.82, 2.24) is 19.4 Å². The van der Waals surface area contributed by atoms with Gasteiger partial charge in [0.15, 0.2) is 0 Å². The number of aryl methyl sites for hydroxylation is 1. The Morgan fingerprint density at radius 1 is 1.07 bits per heavy atom. The van der Waals surface area contributed by atoms with E-state index in [1.165, 1.54) is 0 Å². The molecular formula is C21H25N5O. The summed E-state index contributed by atoms with van der Waals surface area (Å²) in [5.41, 5.74) is 2.80. The van der Waals surface area contributed by atoms with Crippen LogP contribution in [0.3, 0.4) is 0 Å². The molecule has 0 N–H and O–H groups in total. The topological polar surface area (TPSA) is 54.3 Å². The Morgan fingerprint density at radius 2 is 1.89 bits per heavy atom. The molecule has 0 saturated carbocycles. The number of nitrogens with zero attached hydrogens (tertiary/aromatic N) is 5. The number of hydrogen-bond donors (Lipinski definition) is 0. The Balaban J connectivity index is 1.75. The summed E-state index contributed by atoms with van der Waals surface area (Å²) < 4.78 is 2.03. The standard InChI is InChI=1S/C21H25N5O/c1-24(2)20-6-3-5-19(15-20)21(27)26(16-18-7-9-22-10-8-18)13-4-12-25-14-11-23-17-25/h3,5-11,14-15,17H,4,12-13,16H2,1-2H3. The predicted octanol–water partition coefficient (Wildman–Crippen LogP) is 3.08. The van der Waals surface area contributed by atoms with Crippen molar-refractivity contribution in [2.75, 3.05) is 25.5 Å². The highest BCUT2D eigenvalue weighted by Crippen LogP contribution is 2.17. The van der Waals surface area contributed by atoms with E-state index in [0.29, 0.717) is 18.7 Å². The van der Waals surface area contributed by atoms with E-state index in [-0.39, 0.29) is 5.91 Å². The molecule has 0 aliphatic rings. The SMILES string of the molecule is CN(C)c1cccc(C(=O)N(CCCn2ccnc2)Cc2ccncc2)c1. The van der Waals surface area contributed by atoms with Gasteiger partial charge in [-0.05, 0) is 42.3 Å². The van der Waals surface area contributed by atoms with Crippen molar-refractivity contribution >= 4 is 11.6 Å². The highest BCUT2D eigenvalue weighted by atomic mass is 16.2. The Labute approximate surface area is 160 Å². The van der Waals surface area contributed by atoms with Gasteiger partial charge >= 0.3 is 0 Å². The summed E-state index contributed by atoms with van der Waals surface area (Å²) in [6.07, 6.45) is 9.89. The summed E-state index contributed by atoms with van der Waals surface area (Å²) in [5.74, 6) is 0.0427. The molecule has 1 aromatic carbocycles. The number of hydrogen-bond acceptors (Lipinski definition) is 4. The van der Waals surface area contributed by atoms with E-state index < -0.39 is 0 Å². The maximum absolute atomic E-state index is 13.2. The number of anilines is 1. The second kappa shape index (κ2) is 8.98. The lowest BCUT2D eigenvalue weighted by atomic mass is 10.1. The van der Waals surface area contributed by atoms with Gasteiger partial charge in [-0.25, -0.2) is 4.98 Å². The molecule has 3 rings (SSSR count). The number of benzene rings is 1. The molecule has 2 heterocycles. The van der Waals surface area contributed by atoms with Gasteiger partial charge in [0.2, 0.25) is 0 Å². The van der Waals surface area contributed by atoms with Crippen molar-refractivity contribution < 1.29 is 4.79 Å². The third kappa shape index (κ3) is 5.17. The van der Waals surface area contributed by atoms with Crippen LogP contribution in [0.5, 0.6) is 0 Å². The average molecular weight is 363 g/mol. The fraction of sp³-hybridized carbons (Fsp3) is 0.286. The maximum atomic E-state index is 13.2. The molecular weight excluding hydrogens is 338 g/mol. The van der Waals surface area contributed by atoms with Gasteiger partial charge in [-0.1, -0.05) is 6.07 Å². The van der Waals surface area contributed by atoms with Crippen molar-refractivity contribution in [3.63, 3.8) is 0 Å². The van der Waals surface area contributed by atoms with Crippen LogP contribution >= 0.6 is 0 Å². The van der Waals surface area contributed by atoms with E-state index in [0.717, 1.165) is 24.2 Å². The lowest BCUT2D eigenvalue weighted by Gasteiger charge is -2.24. The second-order valence-electron chi connectivity index (χ2n) is 6.68. The monoisotopic (exact) mass is 363 g/mol. The van der Waals surface area contributed by atoms with Crippen LogP contribution in [0.1, 0.15) is 22.3 Å². The van der Waals surface area contributed by atoms with Crippen LogP contribution < -0.4 is 4.90 Å². The first kappa shape index (κ1) is 18.6. The van der Waals surface area contributed by atoms with E-state index in [1.54, 1.807) is 24.9 Å². The number of aromatic nitrogens is 3. The maximum Gasteiger partial charge on any atom is 0.254 e. The number of pyridine rings is 1.